The summed E-state index contributed by atoms with van der Waals surface area (Å²) in [4.78, 5) is 4.78. The van der Waals surface area contributed by atoms with E-state index >= 15 is 0 Å². The highest BCUT2D eigenvalue weighted by molar-refractivity contribution is 6.18. The van der Waals surface area contributed by atoms with E-state index in [1.54, 1.807) is 12.1 Å². The first-order valence-electron chi connectivity index (χ1n) is 11.8. The van der Waals surface area contributed by atoms with Crippen molar-refractivity contribution in [1.82, 2.24) is 4.98 Å². The largest absolute Gasteiger partial charge is 0.256 e. The molecule has 1 heterocycles. The maximum absolute atomic E-state index is 14.7. The van der Waals surface area contributed by atoms with Gasteiger partial charge in [0.05, 0.1) is 5.69 Å². The number of aryl methyl sites for hydroxylation is 2. The number of pyridine rings is 1. The number of hydrogen-bond acceptors (Lipinski definition) is 1. The lowest BCUT2D eigenvalue weighted by Gasteiger charge is -2.17. The predicted octanol–water partition coefficient (Wildman–Crippen LogP) is 9.14. The highest BCUT2D eigenvalue weighted by Crippen LogP contribution is 2.42. The van der Waals surface area contributed by atoms with Crippen molar-refractivity contribution in [2.75, 3.05) is 0 Å². The molecule has 0 bridgehead atoms. The van der Waals surface area contributed by atoms with Gasteiger partial charge in [-0.25, -0.2) is 4.39 Å². The molecule has 0 unspecified atom stereocenters. The second-order valence-corrected chi connectivity index (χ2v) is 9.16. The van der Waals surface area contributed by atoms with Gasteiger partial charge in [-0.05, 0) is 88.7 Å². The molecule has 6 aromatic rings. The van der Waals surface area contributed by atoms with E-state index in [1.807, 2.05) is 24.4 Å². The van der Waals surface area contributed by atoms with E-state index in [9.17, 15) is 4.39 Å². The van der Waals surface area contributed by atoms with Crippen molar-refractivity contribution < 1.29 is 4.39 Å². The third kappa shape index (κ3) is 3.77. The van der Waals surface area contributed by atoms with Crippen LogP contribution in [-0.4, -0.2) is 4.98 Å². The summed E-state index contributed by atoms with van der Waals surface area (Å²) >= 11 is 0. The van der Waals surface area contributed by atoms with Crippen LogP contribution in [0, 0.1) is 19.7 Å². The highest BCUT2D eigenvalue weighted by atomic mass is 19.1. The van der Waals surface area contributed by atoms with E-state index in [-0.39, 0.29) is 5.82 Å². The van der Waals surface area contributed by atoms with Crippen molar-refractivity contribution in [2.45, 2.75) is 13.8 Å². The number of rotatable bonds is 3. The topological polar surface area (TPSA) is 12.9 Å². The summed E-state index contributed by atoms with van der Waals surface area (Å²) in [5.74, 6) is -0.248. The molecule has 2 heteroatoms. The molecule has 0 aliphatic rings. The normalized spacial score (nSPS) is 11.3. The van der Waals surface area contributed by atoms with Crippen LogP contribution >= 0.6 is 0 Å². The molecule has 0 aliphatic heterocycles. The number of aromatic nitrogens is 1. The van der Waals surface area contributed by atoms with Crippen LogP contribution in [0.15, 0.2) is 109 Å². The monoisotopic (exact) mass is 453 g/mol. The molecule has 0 atom stereocenters. The number of nitrogens with zero attached hydrogens (tertiary/aromatic N) is 1. The Kier molecular flexibility index (Phi) is 5.15. The molecule has 0 N–H and O–H groups in total. The molecule has 1 nitrogen and oxygen atoms in total. The van der Waals surface area contributed by atoms with Crippen LogP contribution in [0.3, 0.4) is 0 Å². The Morgan fingerprint density at radius 1 is 0.571 bits per heavy atom. The number of hydrogen-bond donors (Lipinski definition) is 0. The van der Waals surface area contributed by atoms with Crippen molar-refractivity contribution in [1.29, 1.82) is 0 Å². The molecule has 5 aromatic carbocycles. The Hall–Kier alpha value is -4.30. The summed E-state index contributed by atoms with van der Waals surface area (Å²) < 4.78 is 14.7. The second-order valence-electron chi connectivity index (χ2n) is 9.16. The molecular formula is C33H24FN. The molecule has 6 rings (SSSR count). The van der Waals surface area contributed by atoms with E-state index in [0.29, 0.717) is 0 Å². The summed E-state index contributed by atoms with van der Waals surface area (Å²) in [5, 5.41) is 3.92. The van der Waals surface area contributed by atoms with Gasteiger partial charge < -0.3 is 0 Å². The van der Waals surface area contributed by atoms with Crippen molar-refractivity contribution in [3.05, 3.63) is 126 Å². The van der Waals surface area contributed by atoms with Crippen LogP contribution in [0.2, 0.25) is 0 Å². The minimum absolute atomic E-state index is 0.248. The van der Waals surface area contributed by atoms with Crippen molar-refractivity contribution in [3.63, 3.8) is 0 Å². The van der Waals surface area contributed by atoms with E-state index < -0.39 is 0 Å². The Balaban J connectivity index is 1.71. The molecule has 0 aliphatic carbocycles. The van der Waals surface area contributed by atoms with Crippen LogP contribution in [0.1, 0.15) is 11.1 Å². The Morgan fingerprint density at radius 3 is 2.06 bits per heavy atom. The van der Waals surface area contributed by atoms with Gasteiger partial charge in [-0.3, -0.25) is 4.98 Å². The van der Waals surface area contributed by atoms with E-state index in [2.05, 4.69) is 86.6 Å². The van der Waals surface area contributed by atoms with Crippen LogP contribution in [0.5, 0.6) is 0 Å². The maximum Gasteiger partial charge on any atom is 0.123 e. The average molecular weight is 454 g/mol. The van der Waals surface area contributed by atoms with Gasteiger partial charge in [0.25, 0.3) is 0 Å². The Bertz CT molecular complexity index is 1700. The van der Waals surface area contributed by atoms with Crippen LogP contribution in [0.4, 0.5) is 4.39 Å². The van der Waals surface area contributed by atoms with E-state index in [0.717, 1.165) is 55.1 Å². The van der Waals surface area contributed by atoms with Gasteiger partial charge in [0.15, 0.2) is 0 Å². The molecule has 0 saturated heterocycles. The highest BCUT2D eigenvalue weighted by Gasteiger charge is 2.16. The summed E-state index contributed by atoms with van der Waals surface area (Å²) in [7, 11) is 0. The minimum Gasteiger partial charge on any atom is -0.256 e. The first kappa shape index (κ1) is 21.2. The Labute approximate surface area is 204 Å². The van der Waals surface area contributed by atoms with Gasteiger partial charge in [0, 0.05) is 17.1 Å². The van der Waals surface area contributed by atoms with Gasteiger partial charge in [-0.2, -0.15) is 0 Å². The molecule has 0 amide bonds. The van der Waals surface area contributed by atoms with Gasteiger partial charge in [-0.1, -0.05) is 77.9 Å². The fraction of sp³-hybridized carbons (Fsp3) is 0.0606. The third-order valence-electron chi connectivity index (χ3n) is 6.62. The molecule has 1 aromatic heterocycles. The molecule has 0 radical (unpaired) electrons. The zero-order chi connectivity index (χ0) is 23.9. The fourth-order valence-electron chi connectivity index (χ4n) is 5.21. The Morgan fingerprint density at radius 2 is 1.29 bits per heavy atom. The molecule has 168 valence electrons. The second kappa shape index (κ2) is 8.48. The molecule has 0 saturated carbocycles. The van der Waals surface area contributed by atoms with E-state index in [4.69, 9.17) is 4.98 Å². The SMILES string of the molecule is Cc1cc(C)cc(-c2nccc3cc(-c4ccccc4-c4ccccc4)c4ccc(F)cc4c23)c1. The van der Waals surface area contributed by atoms with Crippen molar-refractivity contribution in [2.24, 2.45) is 0 Å². The summed E-state index contributed by atoms with van der Waals surface area (Å²) in [6.45, 7) is 4.19. The van der Waals surface area contributed by atoms with Gasteiger partial charge >= 0.3 is 0 Å². The van der Waals surface area contributed by atoms with Gasteiger partial charge in [0.1, 0.15) is 5.82 Å². The lowest BCUT2D eigenvalue weighted by Crippen LogP contribution is -1.93. The lowest BCUT2D eigenvalue weighted by atomic mass is 9.88. The molecule has 0 fully saturated rings. The molecular weight excluding hydrogens is 429 g/mol. The molecule has 35 heavy (non-hydrogen) atoms. The zero-order valence-corrected chi connectivity index (χ0v) is 19.7. The quantitative estimate of drug-likeness (QED) is 0.243. The van der Waals surface area contributed by atoms with Crippen LogP contribution in [-0.2, 0) is 0 Å². The summed E-state index contributed by atoms with van der Waals surface area (Å²) in [6.07, 6.45) is 1.85. The first-order chi connectivity index (χ1) is 17.1. The lowest BCUT2D eigenvalue weighted by molar-refractivity contribution is 0.630. The standard InChI is InChI=1S/C33H24FN/c1-21-16-22(2)18-25(17-21)33-32-24(14-15-35-33)19-30(29-13-12-26(34)20-31(29)32)28-11-7-6-10-27(28)23-8-4-3-5-9-23/h3-20H,1-2H3. The first-order valence-corrected chi connectivity index (χ1v) is 11.8. The smallest absolute Gasteiger partial charge is 0.123 e. The minimum atomic E-state index is -0.248. The number of fused-ring (bicyclic) bond motifs is 3. The van der Waals surface area contributed by atoms with Gasteiger partial charge in [-0.15, -0.1) is 0 Å². The number of halogens is 1. The summed E-state index contributed by atoms with van der Waals surface area (Å²) in [6, 6.07) is 34.7. The van der Waals surface area contributed by atoms with Gasteiger partial charge in [0.2, 0.25) is 0 Å². The average Bonchev–Trinajstić information content (AvgIpc) is 2.87. The third-order valence-corrected chi connectivity index (χ3v) is 6.62. The fourth-order valence-corrected chi connectivity index (χ4v) is 5.21. The van der Waals surface area contributed by atoms with Crippen molar-refractivity contribution >= 4 is 21.5 Å². The van der Waals surface area contributed by atoms with E-state index in [1.165, 1.54) is 11.1 Å². The predicted molar refractivity (Wildman–Crippen MR) is 145 cm³/mol. The zero-order valence-electron chi connectivity index (χ0n) is 19.7. The van der Waals surface area contributed by atoms with Crippen LogP contribution < -0.4 is 0 Å². The maximum atomic E-state index is 14.7. The number of benzene rings is 5. The van der Waals surface area contributed by atoms with Crippen molar-refractivity contribution in [3.8, 4) is 33.5 Å². The summed E-state index contributed by atoms with van der Waals surface area (Å²) in [5.41, 5.74) is 8.83. The van der Waals surface area contributed by atoms with Crippen LogP contribution in [0.25, 0.3) is 55.1 Å². The molecule has 0 spiro atoms.